The largest absolute Gasteiger partial charge is 0.504 e. The molecule has 0 heterocycles. The molecule has 1 rings (SSSR count). The molecule has 0 aliphatic carbocycles. The van der Waals surface area contributed by atoms with Crippen LogP contribution in [0.15, 0.2) is 12.1 Å². The summed E-state index contributed by atoms with van der Waals surface area (Å²) >= 11 is 0. The summed E-state index contributed by atoms with van der Waals surface area (Å²) < 4.78 is 0. The predicted octanol–water partition coefficient (Wildman–Crippen LogP) is 0.105. The number of aromatic hydroxyl groups is 2. The Labute approximate surface area is 77.5 Å². The number of benzene rings is 1. The maximum absolute atomic E-state index is 10.7. The fourth-order valence-electron chi connectivity index (χ4n) is 0.898. The highest BCUT2D eigenvalue weighted by molar-refractivity contribution is 5.97. The van der Waals surface area contributed by atoms with Crippen LogP contribution >= 0.6 is 0 Å². The first-order valence-corrected chi connectivity index (χ1v) is 3.43. The number of hydrogen-bond donors (Lipinski definition) is 3. The van der Waals surface area contributed by atoms with Crippen LogP contribution in [0.2, 0.25) is 0 Å². The molecule has 0 atom stereocenters. The van der Waals surface area contributed by atoms with Crippen molar-refractivity contribution in [1.82, 2.24) is 0 Å². The Hall–Kier alpha value is -2.31. The molecule has 0 bridgehead atoms. The van der Waals surface area contributed by atoms with E-state index in [1.54, 1.807) is 0 Å². The van der Waals surface area contributed by atoms with Crippen LogP contribution in [-0.4, -0.2) is 21.0 Å². The van der Waals surface area contributed by atoms with E-state index in [1.165, 1.54) is 0 Å². The highest BCUT2D eigenvalue weighted by atomic mass is 16.6. The normalized spacial score (nSPS) is 9.71. The van der Waals surface area contributed by atoms with Gasteiger partial charge < -0.3 is 15.9 Å². The average Bonchev–Trinajstić information content (AvgIpc) is 2.08. The van der Waals surface area contributed by atoms with Crippen molar-refractivity contribution in [3.63, 3.8) is 0 Å². The van der Waals surface area contributed by atoms with Crippen molar-refractivity contribution in [3.05, 3.63) is 27.8 Å². The van der Waals surface area contributed by atoms with Crippen LogP contribution in [-0.2, 0) is 0 Å². The van der Waals surface area contributed by atoms with E-state index in [0.717, 1.165) is 12.1 Å². The average molecular weight is 198 g/mol. The van der Waals surface area contributed by atoms with Gasteiger partial charge in [-0.2, -0.15) is 0 Å². The quantitative estimate of drug-likeness (QED) is 0.353. The van der Waals surface area contributed by atoms with Crippen LogP contribution in [0, 0.1) is 10.1 Å². The Bertz CT molecular complexity index is 415. The number of nitro benzene ring substituents is 1. The number of phenolic OH excluding ortho intramolecular Hbond substituents is 1. The van der Waals surface area contributed by atoms with Crippen molar-refractivity contribution in [2.75, 3.05) is 0 Å². The molecule has 0 aliphatic heterocycles. The van der Waals surface area contributed by atoms with Crippen LogP contribution < -0.4 is 5.73 Å². The second-order valence-corrected chi connectivity index (χ2v) is 2.48. The van der Waals surface area contributed by atoms with E-state index >= 15 is 0 Å². The molecule has 0 saturated heterocycles. The van der Waals surface area contributed by atoms with Crippen molar-refractivity contribution >= 4 is 11.6 Å². The van der Waals surface area contributed by atoms with Gasteiger partial charge in [-0.3, -0.25) is 14.9 Å². The summed E-state index contributed by atoms with van der Waals surface area (Å²) in [5.74, 6) is -2.57. The summed E-state index contributed by atoms with van der Waals surface area (Å²) in [6.45, 7) is 0. The Balaban J connectivity index is 3.43. The first-order valence-electron chi connectivity index (χ1n) is 3.43. The van der Waals surface area contributed by atoms with Gasteiger partial charge in [0.25, 0.3) is 11.6 Å². The van der Waals surface area contributed by atoms with Gasteiger partial charge in [-0.15, -0.1) is 0 Å². The summed E-state index contributed by atoms with van der Waals surface area (Å²) in [5.41, 5.74) is 3.81. The van der Waals surface area contributed by atoms with Gasteiger partial charge in [0.05, 0.1) is 16.6 Å². The lowest BCUT2D eigenvalue weighted by Gasteiger charge is -2.02. The number of amides is 1. The third-order valence-corrected chi connectivity index (χ3v) is 1.55. The van der Waals surface area contributed by atoms with Crippen molar-refractivity contribution < 1.29 is 19.9 Å². The van der Waals surface area contributed by atoms with Crippen molar-refractivity contribution in [2.45, 2.75) is 0 Å². The van der Waals surface area contributed by atoms with Crippen molar-refractivity contribution in [3.8, 4) is 11.5 Å². The summed E-state index contributed by atoms with van der Waals surface area (Å²) in [7, 11) is 0. The Morgan fingerprint density at radius 1 is 1.43 bits per heavy atom. The molecule has 0 spiro atoms. The van der Waals surface area contributed by atoms with Crippen molar-refractivity contribution in [1.29, 1.82) is 0 Å². The molecule has 1 aromatic carbocycles. The number of carbonyl (C=O) groups excluding carboxylic acids is 1. The first-order chi connectivity index (χ1) is 6.43. The molecule has 0 aliphatic rings. The highest BCUT2D eigenvalue weighted by Crippen LogP contribution is 2.32. The topological polar surface area (TPSA) is 127 Å². The zero-order valence-corrected chi connectivity index (χ0v) is 6.80. The van der Waals surface area contributed by atoms with Crippen LogP contribution in [0.4, 0.5) is 5.69 Å². The molecule has 0 aromatic heterocycles. The Morgan fingerprint density at radius 2 is 2.00 bits per heavy atom. The number of nitrogens with zero attached hydrogens (tertiary/aromatic N) is 1. The van der Waals surface area contributed by atoms with Crippen molar-refractivity contribution in [2.24, 2.45) is 5.73 Å². The fourth-order valence-corrected chi connectivity index (χ4v) is 0.898. The van der Waals surface area contributed by atoms with E-state index in [2.05, 4.69) is 0 Å². The third-order valence-electron chi connectivity index (χ3n) is 1.55. The van der Waals surface area contributed by atoms with Crippen LogP contribution in [0.25, 0.3) is 0 Å². The number of rotatable bonds is 2. The first kappa shape index (κ1) is 9.78. The fraction of sp³-hybridized carbons (Fsp3) is 0. The van der Waals surface area contributed by atoms with E-state index in [0.29, 0.717) is 0 Å². The highest BCUT2D eigenvalue weighted by Gasteiger charge is 2.18. The van der Waals surface area contributed by atoms with E-state index in [-0.39, 0.29) is 0 Å². The maximum Gasteiger partial charge on any atom is 0.274 e. The summed E-state index contributed by atoms with van der Waals surface area (Å²) in [5, 5.41) is 28.4. The van der Waals surface area contributed by atoms with Crippen LogP contribution in [0.3, 0.4) is 0 Å². The van der Waals surface area contributed by atoms with Crippen LogP contribution in [0.1, 0.15) is 10.4 Å². The maximum atomic E-state index is 10.7. The second-order valence-electron chi connectivity index (χ2n) is 2.48. The molecule has 14 heavy (non-hydrogen) atoms. The number of nitro groups is 1. The molecule has 1 amide bonds. The van der Waals surface area contributed by atoms with Gasteiger partial charge in [-0.05, 0) is 0 Å². The lowest BCUT2D eigenvalue weighted by molar-refractivity contribution is -0.385. The van der Waals surface area contributed by atoms with Gasteiger partial charge in [-0.25, -0.2) is 0 Å². The lowest BCUT2D eigenvalue weighted by atomic mass is 10.1. The van der Waals surface area contributed by atoms with Gasteiger partial charge in [0.1, 0.15) is 0 Å². The minimum Gasteiger partial charge on any atom is -0.504 e. The number of hydrogen-bond acceptors (Lipinski definition) is 5. The lowest BCUT2D eigenvalue weighted by Crippen LogP contribution is -2.11. The van der Waals surface area contributed by atoms with Gasteiger partial charge >= 0.3 is 0 Å². The summed E-state index contributed by atoms with van der Waals surface area (Å²) in [6.07, 6.45) is 0. The standard InChI is InChI=1S/C7H6N2O5/c8-7(12)4-1-3(9(13)14)2-5(10)6(4)11/h1-2,10-11H,(H2,8,12). The Morgan fingerprint density at radius 3 is 2.43 bits per heavy atom. The number of carbonyl (C=O) groups is 1. The summed E-state index contributed by atoms with van der Waals surface area (Å²) in [6, 6.07) is 1.51. The Kier molecular flexibility index (Phi) is 2.24. The summed E-state index contributed by atoms with van der Waals surface area (Å²) in [4.78, 5) is 20.2. The minimum atomic E-state index is -1.05. The molecule has 74 valence electrons. The predicted molar refractivity (Wildman–Crippen MR) is 44.9 cm³/mol. The van der Waals surface area contributed by atoms with Gasteiger partial charge in [0.2, 0.25) is 0 Å². The molecular formula is C7H6N2O5. The van der Waals surface area contributed by atoms with Gasteiger partial charge in [-0.1, -0.05) is 0 Å². The van der Waals surface area contributed by atoms with E-state index < -0.39 is 33.6 Å². The third kappa shape index (κ3) is 1.56. The number of primary amides is 1. The molecular weight excluding hydrogens is 192 g/mol. The molecule has 7 nitrogen and oxygen atoms in total. The van der Waals surface area contributed by atoms with Gasteiger partial charge in [0.15, 0.2) is 11.5 Å². The van der Waals surface area contributed by atoms with Gasteiger partial charge in [0, 0.05) is 6.07 Å². The van der Waals surface area contributed by atoms with E-state index in [1.807, 2.05) is 0 Å². The molecule has 7 heteroatoms. The number of phenols is 2. The zero-order chi connectivity index (χ0) is 10.9. The number of nitrogens with two attached hydrogens (primary N) is 1. The molecule has 1 aromatic rings. The smallest absolute Gasteiger partial charge is 0.274 e. The SMILES string of the molecule is NC(=O)c1cc([N+](=O)[O-])cc(O)c1O. The molecule has 0 fully saturated rings. The van der Waals surface area contributed by atoms with Crippen LogP contribution in [0.5, 0.6) is 11.5 Å². The second kappa shape index (κ2) is 3.21. The monoisotopic (exact) mass is 198 g/mol. The number of non-ortho nitro benzene ring substituents is 1. The molecule has 0 unspecified atom stereocenters. The zero-order valence-electron chi connectivity index (χ0n) is 6.80. The minimum absolute atomic E-state index is 0.489. The molecule has 4 N–H and O–H groups in total. The molecule has 0 radical (unpaired) electrons. The van der Waals surface area contributed by atoms with E-state index in [4.69, 9.17) is 15.9 Å². The molecule has 0 saturated carbocycles. The van der Waals surface area contributed by atoms with E-state index in [9.17, 15) is 14.9 Å².